The molecule has 3 N–H and O–H groups in total. The van der Waals surface area contributed by atoms with E-state index >= 15 is 0 Å². The Kier molecular flexibility index (Phi) is 6.47. The number of unbranched alkanes of at least 4 members (excludes halogenated alkanes) is 5. The zero-order chi connectivity index (χ0) is 11.6. The molecule has 0 radical (unpaired) electrons. The summed E-state index contributed by atoms with van der Waals surface area (Å²) in [5.41, 5.74) is 7.62. The van der Waals surface area contributed by atoms with Crippen LogP contribution in [0.5, 0.6) is 0 Å². The van der Waals surface area contributed by atoms with Crippen LogP contribution in [-0.2, 0) is 0 Å². The molecular formula is C14H24N2. The number of hydrogen-bond acceptors (Lipinski definition) is 2. The number of hydrogen-bond donors (Lipinski definition) is 2. The fourth-order valence-corrected chi connectivity index (χ4v) is 1.74. The molecular weight excluding hydrogens is 196 g/mol. The maximum atomic E-state index is 5.62. The standard InChI is InChI=1S/C14H24N2/c1-2-3-4-5-6-7-12-16-14-10-8-13(15)9-11-14/h8-11,16H,2-7,12,15H2,1H3. The monoisotopic (exact) mass is 220 g/mol. The number of nitrogen functional groups attached to an aromatic ring is 1. The maximum absolute atomic E-state index is 5.62. The molecule has 0 unspecified atom stereocenters. The van der Waals surface area contributed by atoms with E-state index in [0.29, 0.717) is 0 Å². The lowest BCUT2D eigenvalue weighted by molar-refractivity contribution is 0.617. The van der Waals surface area contributed by atoms with E-state index in [9.17, 15) is 0 Å². The first-order valence-electron chi connectivity index (χ1n) is 6.42. The second-order valence-corrected chi connectivity index (χ2v) is 4.32. The summed E-state index contributed by atoms with van der Waals surface area (Å²) in [6, 6.07) is 7.94. The van der Waals surface area contributed by atoms with Crippen molar-refractivity contribution in [2.24, 2.45) is 0 Å². The van der Waals surface area contributed by atoms with E-state index < -0.39 is 0 Å². The van der Waals surface area contributed by atoms with Crippen molar-refractivity contribution in [3.63, 3.8) is 0 Å². The Bertz CT molecular complexity index is 267. The molecule has 1 aromatic carbocycles. The van der Waals surface area contributed by atoms with E-state index in [1.165, 1.54) is 44.2 Å². The van der Waals surface area contributed by atoms with Gasteiger partial charge in [-0.15, -0.1) is 0 Å². The Labute approximate surface area is 99.2 Å². The van der Waals surface area contributed by atoms with Crippen LogP contribution < -0.4 is 11.1 Å². The van der Waals surface area contributed by atoms with E-state index in [4.69, 9.17) is 5.73 Å². The Morgan fingerprint density at radius 1 is 0.938 bits per heavy atom. The lowest BCUT2D eigenvalue weighted by atomic mass is 10.1. The number of anilines is 2. The SMILES string of the molecule is CCCCCCCCNc1ccc(N)cc1. The van der Waals surface area contributed by atoms with Crippen LogP contribution in [0.25, 0.3) is 0 Å². The van der Waals surface area contributed by atoms with Crippen LogP contribution >= 0.6 is 0 Å². The molecule has 0 heterocycles. The van der Waals surface area contributed by atoms with E-state index in [0.717, 1.165) is 12.2 Å². The highest BCUT2D eigenvalue weighted by atomic mass is 14.9. The van der Waals surface area contributed by atoms with Crippen LogP contribution in [0, 0.1) is 0 Å². The summed E-state index contributed by atoms with van der Waals surface area (Å²) >= 11 is 0. The molecule has 1 rings (SSSR count). The predicted molar refractivity (Wildman–Crippen MR) is 72.7 cm³/mol. The van der Waals surface area contributed by atoms with Gasteiger partial charge in [0.25, 0.3) is 0 Å². The molecule has 1 aromatic rings. The van der Waals surface area contributed by atoms with Crippen molar-refractivity contribution in [1.82, 2.24) is 0 Å². The zero-order valence-electron chi connectivity index (χ0n) is 10.3. The first-order chi connectivity index (χ1) is 7.83. The van der Waals surface area contributed by atoms with Crippen molar-refractivity contribution in [2.75, 3.05) is 17.6 Å². The summed E-state index contributed by atoms with van der Waals surface area (Å²) in [6.07, 6.45) is 8.06. The van der Waals surface area contributed by atoms with Crippen molar-refractivity contribution in [1.29, 1.82) is 0 Å². The molecule has 0 atom stereocenters. The van der Waals surface area contributed by atoms with Crippen LogP contribution in [0.4, 0.5) is 11.4 Å². The summed E-state index contributed by atoms with van der Waals surface area (Å²) in [7, 11) is 0. The maximum Gasteiger partial charge on any atom is 0.0341 e. The van der Waals surface area contributed by atoms with Gasteiger partial charge in [0.1, 0.15) is 0 Å². The topological polar surface area (TPSA) is 38.0 Å². The van der Waals surface area contributed by atoms with Crippen molar-refractivity contribution < 1.29 is 0 Å². The van der Waals surface area contributed by atoms with Gasteiger partial charge in [-0.25, -0.2) is 0 Å². The van der Waals surface area contributed by atoms with Crippen LogP contribution in [0.1, 0.15) is 45.4 Å². The van der Waals surface area contributed by atoms with Gasteiger partial charge in [-0.3, -0.25) is 0 Å². The van der Waals surface area contributed by atoms with Gasteiger partial charge in [-0.2, -0.15) is 0 Å². The van der Waals surface area contributed by atoms with Gasteiger partial charge in [-0.1, -0.05) is 39.0 Å². The average molecular weight is 220 g/mol. The van der Waals surface area contributed by atoms with Gasteiger partial charge in [0.05, 0.1) is 0 Å². The van der Waals surface area contributed by atoms with Gasteiger partial charge < -0.3 is 11.1 Å². The fourth-order valence-electron chi connectivity index (χ4n) is 1.74. The molecule has 0 bridgehead atoms. The minimum atomic E-state index is 0.824. The van der Waals surface area contributed by atoms with Gasteiger partial charge >= 0.3 is 0 Å². The van der Waals surface area contributed by atoms with Gasteiger partial charge in [0.15, 0.2) is 0 Å². The number of nitrogens with one attached hydrogen (secondary N) is 1. The Balaban J connectivity index is 2.01. The highest BCUT2D eigenvalue weighted by Crippen LogP contribution is 2.11. The van der Waals surface area contributed by atoms with Crippen LogP contribution in [0.15, 0.2) is 24.3 Å². The van der Waals surface area contributed by atoms with Crippen molar-refractivity contribution in [3.05, 3.63) is 24.3 Å². The van der Waals surface area contributed by atoms with E-state index in [2.05, 4.69) is 12.2 Å². The van der Waals surface area contributed by atoms with Gasteiger partial charge in [0.2, 0.25) is 0 Å². The van der Waals surface area contributed by atoms with E-state index in [1.54, 1.807) is 0 Å². The van der Waals surface area contributed by atoms with E-state index in [1.807, 2.05) is 24.3 Å². The molecule has 0 aliphatic heterocycles. The molecule has 16 heavy (non-hydrogen) atoms. The second-order valence-electron chi connectivity index (χ2n) is 4.32. The molecule has 0 aliphatic carbocycles. The highest BCUT2D eigenvalue weighted by molar-refractivity contribution is 5.50. The third-order valence-electron chi connectivity index (χ3n) is 2.77. The van der Waals surface area contributed by atoms with Crippen LogP contribution in [-0.4, -0.2) is 6.54 Å². The Morgan fingerprint density at radius 2 is 1.56 bits per heavy atom. The number of benzene rings is 1. The first-order valence-corrected chi connectivity index (χ1v) is 6.42. The number of rotatable bonds is 8. The first kappa shape index (κ1) is 12.9. The van der Waals surface area contributed by atoms with E-state index in [-0.39, 0.29) is 0 Å². The summed E-state index contributed by atoms with van der Waals surface area (Å²) in [6.45, 7) is 3.32. The van der Waals surface area contributed by atoms with Crippen molar-refractivity contribution in [2.45, 2.75) is 45.4 Å². The summed E-state index contributed by atoms with van der Waals surface area (Å²) in [5, 5.41) is 3.41. The second kappa shape index (κ2) is 8.03. The molecule has 0 aromatic heterocycles. The quantitative estimate of drug-likeness (QED) is 0.512. The molecule has 0 spiro atoms. The van der Waals surface area contributed by atoms with Gasteiger partial charge in [-0.05, 0) is 30.7 Å². The fraction of sp³-hybridized carbons (Fsp3) is 0.571. The molecule has 0 aliphatic rings. The lowest BCUT2D eigenvalue weighted by Crippen LogP contribution is -2.01. The summed E-state index contributed by atoms with van der Waals surface area (Å²) < 4.78 is 0. The summed E-state index contributed by atoms with van der Waals surface area (Å²) in [4.78, 5) is 0. The average Bonchev–Trinajstić information content (AvgIpc) is 2.30. The third kappa shape index (κ3) is 5.64. The Hall–Kier alpha value is -1.18. The van der Waals surface area contributed by atoms with Crippen LogP contribution in [0.2, 0.25) is 0 Å². The normalized spacial score (nSPS) is 10.3. The minimum absolute atomic E-state index is 0.824. The lowest BCUT2D eigenvalue weighted by Gasteiger charge is -2.06. The number of nitrogens with two attached hydrogens (primary N) is 1. The largest absolute Gasteiger partial charge is 0.399 e. The molecule has 2 nitrogen and oxygen atoms in total. The van der Waals surface area contributed by atoms with Crippen molar-refractivity contribution in [3.8, 4) is 0 Å². The molecule has 0 fully saturated rings. The summed E-state index contributed by atoms with van der Waals surface area (Å²) in [5.74, 6) is 0. The molecule has 2 heteroatoms. The van der Waals surface area contributed by atoms with Crippen LogP contribution in [0.3, 0.4) is 0 Å². The van der Waals surface area contributed by atoms with Gasteiger partial charge in [0, 0.05) is 17.9 Å². The minimum Gasteiger partial charge on any atom is -0.399 e. The Morgan fingerprint density at radius 3 is 2.25 bits per heavy atom. The zero-order valence-corrected chi connectivity index (χ0v) is 10.3. The molecule has 0 amide bonds. The molecule has 0 saturated heterocycles. The molecule has 0 saturated carbocycles. The third-order valence-corrected chi connectivity index (χ3v) is 2.77. The highest BCUT2D eigenvalue weighted by Gasteiger charge is 1.92. The molecule has 90 valence electrons. The smallest absolute Gasteiger partial charge is 0.0341 e. The van der Waals surface area contributed by atoms with Crippen molar-refractivity contribution >= 4 is 11.4 Å². The predicted octanol–water partition coefficient (Wildman–Crippen LogP) is 4.04.